The van der Waals surface area contributed by atoms with Gasteiger partial charge in [-0.05, 0) is 54.1 Å². The maximum Gasteiger partial charge on any atom is 0.338 e. The second-order valence-corrected chi connectivity index (χ2v) is 7.09. The van der Waals surface area contributed by atoms with E-state index in [0.29, 0.717) is 29.4 Å². The molecule has 1 amide bonds. The van der Waals surface area contributed by atoms with Crippen LogP contribution in [0.4, 0.5) is 0 Å². The molecule has 7 nitrogen and oxygen atoms in total. The summed E-state index contributed by atoms with van der Waals surface area (Å²) in [5.74, 6) is 0.832. The number of nitrogens with one attached hydrogen (secondary N) is 1. The summed E-state index contributed by atoms with van der Waals surface area (Å²) in [6, 6.07) is 24.0. The third-order valence-corrected chi connectivity index (χ3v) is 4.76. The molecule has 0 fully saturated rings. The number of benzene rings is 3. The SMILES string of the molecule is CCOC(=O)c1cccc(-c2ccc(/C=N\NC(=O)COc3ccc4ccccc4c3)o2)c1. The zero-order valence-electron chi connectivity index (χ0n) is 18.0. The van der Waals surface area contributed by atoms with Gasteiger partial charge in [-0.1, -0.05) is 42.5 Å². The summed E-state index contributed by atoms with van der Waals surface area (Å²) in [4.78, 5) is 23.9. The first-order valence-electron chi connectivity index (χ1n) is 10.4. The molecule has 1 heterocycles. The predicted octanol–water partition coefficient (Wildman–Crippen LogP) is 4.81. The Kier molecular flexibility index (Phi) is 6.80. The molecule has 166 valence electrons. The number of carbonyl (C=O) groups is 2. The first-order chi connectivity index (χ1) is 16.1. The predicted molar refractivity (Wildman–Crippen MR) is 125 cm³/mol. The van der Waals surface area contributed by atoms with Crippen LogP contribution in [0.15, 0.2) is 88.4 Å². The van der Waals surface area contributed by atoms with Gasteiger partial charge in [0.05, 0.1) is 18.4 Å². The van der Waals surface area contributed by atoms with Crippen molar-refractivity contribution < 1.29 is 23.5 Å². The molecule has 7 heteroatoms. The molecule has 0 aliphatic heterocycles. The van der Waals surface area contributed by atoms with Gasteiger partial charge >= 0.3 is 5.97 Å². The summed E-state index contributed by atoms with van der Waals surface area (Å²) in [6.45, 7) is 1.90. The van der Waals surface area contributed by atoms with Gasteiger partial charge < -0.3 is 13.9 Å². The van der Waals surface area contributed by atoms with Crippen LogP contribution < -0.4 is 10.2 Å². The lowest BCUT2D eigenvalue weighted by atomic mass is 10.1. The Morgan fingerprint density at radius 2 is 1.82 bits per heavy atom. The van der Waals surface area contributed by atoms with Crippen LogP contribution in [0.3, 0.4) is 0 Å². The third-order valence-electron chi connectivity index (χ3n) is 4.76. The van der Waals surface area contributed by atoms with Gasteiger partial charge in [0.25, 0.3) is 5.91 Å². The normalized spacial score (nSPS) is 10.9. The monoisotopic (exact) mass is 442 g/mol. The minimum atomic E-state index is -0.395. The molecular weight excluding hydrogens is 420 g/mol. The largest absolute Gasteiger partial charge is 0.484 e. The molecule has 0 atom stereocenters. The van der Waals surface area contributed by atoms with Gasteiger partial charge in [0.2, 0.25) is 0 Å². The van der Waals surface area contributed by atoms with Crippen molar-refractivity contribution in [3.63, 3.8) is 0 Å². The molecule has 0 aliphatic carbocycles. The third kappa shape index (κ3) is 5.65. The molecule has 4 rings (SSSR count). The number of esters is 1. The standard InChI is InChI=1S/C26H22N2O5/c1-2-31-26(30)21-9-5-8-20(14-21)24-13-12-23(33-24)16-27-28-25(29)17-32-22-11-10-18-6-3-4-7-19(18)15-22/h3-16H,2,17H2,1H3,(H,28,29)/b27-16-. The van der Waals surface area contributed by atoms with Gasteiger partial charge in [-0.15, -0.1) is 0 Å². The van der Waals surface area contributed by atoms with E-state index < -0.39 is 5.91 Å². The van der Waals surface area contributed by atoms with Crippen molar-refractivity contribution in [3.8, 4) is 17.1 Å². The molecule has 0 aliphatic rings. The van der Waals surface area contributed by atoms with E-state index in [1.807, 2.05) is 48.5 Å². The van der Waals surface area contributed by atoms with Crippen LogP contribution in [0.25, 0.3) is 22.1 Å². The van der Waals surface area contributed by atoms with E-state index in [-0.39, 0.29) is 12.6 Å². The van der Waals surface area contributed by atoms with Crippen molar-refractivity contribution in [2.24, 2.45) is 5.10 Å². The quantitative estimate of drug-likeness (QED) is 0.240. The summed E-state index contributed by atoms with van der Waals surface area (Å²) in [6.07, 6.45) is 1.40. The molecule has 33 heavy (non-hydrogen) atoms. The number of hydrazone groups is 1. The number of furan rings is 1. The average molecular weight is 442 g/mol. The molecule has 1 N–H and O–H groups in total. The smallest absolute Gasteiger partial charge is 0.338 e. The molecule has 0 radical (unpaired) electrons. The minimum Gasteiger partial charge on any atom is -0.484 e. The average Bonchev–Trinajstić information content (AvgIpc) is 3.32. The van der Waals surface area contributed by atoms with Crippen molar-refractivity contribution in [1.29, 1.82) is 0 Å². The fourth-order valence-electron chi connectivity index (χ4n) is 3.20. The van der Waals surface area contributed by atoms with Gasteiger partial charge in [-0.3, -0.25) is 4.79 Å². The lowest BCUT2D eigenvalue weighted by Crippen LogP contribution is -2.24. The highest BCUT2D eigenvalue weighted by Crippen LogP contribution is 2.23. The van der Waals surface area contributed by atoms with E-state index in [4.69, 9.17) is 13.9 Å². The highest BCUT2D eigenvalue weighted by atomic mass is 16.5. The molecule has 0 spiro atoms. The molecule has 3 aromatic carbocycles. The van der Waals surface area contributed by atoms with Crippen LogP contribution in [0.5, 0.6) is 5.75 Å². The number of ether oxygens (including phenoxy) is 2. The number of hydrogen-bond donors (Lipinski definition) is 1. The Bertz CT molecular complexity index is 1310. The first kappa shape index (κ1) is 21.8. The molecular formula is C26H22N2O5. The Morgan fingerprint density at radius 1 is 0.970 bits per heavy atom. The minimum absolute atomic E-state index is 0.167. The summed E-state index contributed by atoms with van der Waals surface area (Å²) in [7, 11) is 0. The van der Waals surface area contributed by atoms with Crippen molar-refractivity contribution >= 4 is 28.9 Å². The van der Waals surface area contributed by atoms with Crippen molar-refractivity contribution in [3.05, 3.63) is 90.2 Å². The second-order valence-electron chi connectivity index (χ2n) is 7.09. The Morgan fingerprint density at radius 3 is 2.67 bits per heavy atom. The van der Waals surface area contributed by atoms with E-state index in [1.54, 1.807) is 37.3 Å². The van der Waals surface area contributed by atoms with Gasteiger partial charge in [0, 0.05) is 5.56 Å². The number of amides is 1. The second kappa shape index (κ2) is 10.3. The van der Waals surface area contributed by atoms with E-state index in [2.05, 4.69) is 10.5 Å². The maximum absolute atomic E-state index is 12.0. The molecule has 4 aromatic rings. The van der Waals surface area contributed by atoms with Crippen LogP contribution >= 0.6 is 0 Å². The Hall–Kier alpha value is -4.39. The zero-order valence-corrected chi connectivity index (χ0v) is 18.0. The van der Waals surface area contributed by atoms with Crippen LogP contribution in [-0.2, 0) is 9.53 Å². The molecule has 1 aromatic heterocycles. The maximum atomic E-state index is 12.0. The zero-order chi connectivity index (χ0) is 23.0. The van der Waals surface area contributed by atoms with Crippen LogP contribution in [0.2, 0.25) is 0 Å². The van der Waals surface area contributed by atoms with Crippen molar-refractivity contribution in [2.45, 2.75) is 6.92 Å². The highest BCUT2D eigenvalue weighted by molar-refractivity contribution is 5.91. The number of nitrogens with zero attached hydrogens (tertiary/aromatic N) is 1. The van der Waals surface area contributed by atoms with Gasteiger partial charge in [-0.25, -0.2) is 10.2 Å². The summed E-state index contributed by atoms with van der Waals surface area (Å²) in [5.41, 5.74) is 3.58. The van der Waals surface area contributed by atoms with E-state index in [9.17, 15) is 9.59 Å². The van der Waals surface area contributed by atoms with Gasteiger partial charge in [0.15, 0.2) is 6.61 Å². The molecule has 0 saturated heterocycles. The van der Waals surface area contributed by atoms with Crippen LogP contribution in [0, 0.1) is 0 Å². The van der Waals surface area contributed by atoms with Gasteiger partial charge in [0.1, 0.15) is 17.3 Å². The highest BCUT2D eigenvalue weighted by Gasteiger charge is 2.10. The fraction of sp³-hybridized carbons (Fsp3) is 0.115. The molecule has 0 unspecified atom stereocenters. The Balaban J connectivity index is 1.31. The summed E-state index contributed by atoms with van der Waals surface area (Å²) < 4.78 is 16.3. The summed E-state index contributed by atoms with van der Waals surface area (Å²) >= 11 is 0. The fourth-order valence-corrected chi connectivity index (χ4v) is 3.20. The topological polar surface area (TPSA) is 90.1 Å². The molecule has 0 bridgehead atoms. The van der Waals surface area contributed by atoms with E-state index >= 15 is 0 Å². The van der Waals surface area contributed by atoms with Crippen molar-refractivity contribution in [1.82, 2.24) is 5.43 Å². The van der Waals surface area contributed by atoms with Crippen molar-refractivity contribution in [2.75, 3.05) is 13.2 Å². The van der Waals surface area contributed by atoms with E-state index in [1.165, 1.54) is 6.21 Å². The number of carbonyl (C=O) groups excluding carboxylic acids is 2. The van der Waals surface area contributed by atoms with Crippen LogP contribution in [-0.4, -0.2) is 31.3 Å². The molecule has 0 saturated carbocycles. The lowest BCUT2D eigenvalue weighted by Gasteiger charge is -2.06. The Labute approximate surface area is 190 Å². The number of fused-ring (bicyclic) bond motifs is 1. The van der Waals surface area contributed by atoms with Crippen LogP contribution in [0.1, 0.15) is 23.0 Å². The summed E-state index contributed by atoms with van der Waals surface area (Å²) in [5, 5.41) is 6.05. The first-order valence-corrected chi connectivity index (χ1v) is 10.4. The van der Waals surface area contributed by atoms with E-state index in [0.717, 1.165) is 16.3 Å². The van der Waals surface area contributed by atoms with Gasteiger partial charge in [-0.2, -0.15) is 5.10 Å². The number of hydrogen-bond acceptors (Lipinski definition) is 6. The number of rotatable bonds is 8. The lowest BCUT2D eigenvalue weighted by molar-refractivity contribution is -0.123.